The van der Waals surface area contributed by atoms with Crippen LogP contribution in [0.2, 0.25) is 0 Å². The van der Waals surface area contributed by atoms with Crippen LogP contribution < -0.4 is 14.9 Å². The maximum atomic E-state index is 13.2. The maximum absolute atomic E-state index is 13.2. The van der Waals surface area contributed by atoms with Gasteiger partial charge in [0.05, 0.1) is 11.4 Å². The molecule has 4 rings (SSSR count). The minimum Gasteiger partial charge on any atom is -0.370 e. The van der Waals surface area contributed by atoms with Crippen molar-refractivity contribution in [3.05, 3.63) is 53.8 Å². The predicted molar refractivity (Wildman–Crippen MR) is 114 cm³/mol. The van der Waals surface area contributed by atoms with Crippen molar-refractivity contribution in [2.75, 3.05) is 49.1 Å². The van der Waals surface area contributed by atoms with Gasteiger partial charge in [-0.2, -0.15) is 0 Å². The first-order valence-corrected chi connectivity index (χ1v) is 11.5. The third-order valence-corrected chi connectivity index (χ3v) is 6.63. The molecule has 2 heterocycles. The lowest BCUT2D eigenvalue weighted by Crippen LogP contribution is -2.41. The molecule has 160 valence electrons. The number of sulfonamides is 1. The van der Waals surface area contributed by atoms with E-state index >= 15 is 0 Å². The normalized spacial score (nSPS) is 17.7. The molecule has 2 aromatic carbocycles. The Morgan fingerprint density at radius 3 is 2.50 bits per heavy atom. The molecule has 0 saturated carbocycles. The van der Waals surface area contributed by atoms with Crippen molar-refractivity contribution in [2.24, 2.45) is 5.14 Å². The molecule has 0 bridgehead atoms. The van der Waals surface area contributed by atoms with E-state index in [9.17, 15) is 17.6 Å². The van der Waals surface area contributed by atoms with Gasteiger partial charge < -0.3 is 9.80 Å². The van der Waals surface area contributed by atoms with Gasteiger partial charge in [-0.1, -0.05) is 0 Å². The first-order valence-electron chi connectivity index (χ1n) is 10.0. The van der Waals surface area contributed by atoms with Gasteiger partial charge in [0.1, 0.15) is 5.82 Å². The van der Waals surface area contributed by atoms with Crippen molar-refractivity contribution in [3.8, 4) is 0 Å². The number of nitrogens with two attached hydrogens (primary N) is 1. The molecule has 0 atom stereocenters. The maximum Gasteiger partial charge on any atom is 0.241 e. The molecule has 1 fully saturated rings. The van der Waals surface area contributed by atoms with Crippen LogP contribution in [0.4, 0.5) is 15.8 Å². The first-order chi connectivity index (χ1) is 14.3. The van der Waals surface area contributed by atoms with Gasteiger partial charge in [-0.15, -0.1) is 0 Å². The highest BCUT2D eigenvalue weighted by Crippen LogP contribution is 2.30. The molecule has 1 saturated heterocycles. The van der Waals surface area contributed by atoms with Gasteiger partial charge in [0, 0.05) is 44.1 Å². The summed E-state index contributed by atoms with van der Waals surface area (Å²) in [5.74, 6) is -0.241. The lowest BCUT2D eigenvalue weighted by atomic mass is 10.2. The van der Waals surface area contributed by atoms with Crippen LogP contribution in [0.5, 0.6) is 0 Å². The highest BCUT2D eigenvalue weighted by atomic mass is 32.2. The molecule has 7 nitrogen and oxygen atoms in total. The average Bonchev–Trinajstić information content (AvgIpc) is 3.00. The second-order valence-electron chi connectivity index (χ2n) is 7.72. The Morgan fingerprint density at radius 1 is 1.00 bits per heavy atom. The topological polar surface area (TPSA) is 86.9 Å². The first kappa shape index (κ1) is 20.8. The zero-order valence-corrected chi connectivity index (χ0v) is 17.4. The number of benzene rings is 2. The molecule has 2 aliphatic heterocycles. The largest absolute Gasteiger partial charge is 0.370 e. The third kappa shape index (κ3) is 4.48. The monoisotopic (exact) mass is 432 g/mol. The number of hydrogen-bond acceptors (Lipinski definition) is 5. The van der Waals surface area contributed by atoms with Gasteiger partial charge in [0.2, 0.25) is 15.9 Å². The lowest BCUT2D eigenvalue weighted by molar-refractivity contribution is -0.119. The fourth-order valence-corrected chi connectivity index (χ4v) is 4.69. The van der Waals surface area contributed by atoms with Crippen LogP contribution in [0.15, 0.2) is 47.4 Å². The second kappa shape index (κ2) is 8.33. The molecular weight excluding hydrogens is 407 g/mol. The number of nitrogens with zero attached hydrogens (tertiary/aromatic N) is 3. The summed E-state index contributed by atoms with van der Waals surface area (Å²) in [7, 11) is -3.76. The van der Waals surface area contributed by atoms with Crippen molar-refractivity contribution < 1.29 is 17.6 Å². The number of hydrogen-bond donors (Lipinski definition) is 1. The van der Waals surface area contributed by atoms with E-state index in [-0.39, 0.29) is 16.6 Å². The summed E-state index contributed by atoms with van der Waals surface area (Å²) in [6.07, 6.45) is 1.53. The number of carbonyl (C=O) groups excluding carboxylic acids is 1. The minimum absolute atomic E-state index is 0.00679. The van der Waals surface area contributed by atoms with Crippen LogP contribution in [-0.2, 0) is 21.2 Å². The standard InChI is InChI=1S/C21H25FN4O3S/c22-17-2-4-18(5-3-17)25-10-1-9-24(12-13-25)15-21(27)26-11-8-16-14-19(30(23,28)29)6-7-20(16)26/h2-7,14H,1,8-13,15H2,(H2,23,28,29). The van der Waals surface area contributed by atoms with Crippen LogP contribution in [0.3, 0.4) is 0 Å². The molecular formula is C21H25FN4O3S. The molecule has 0 radical (unpaired) electrons. The number of anilines is 2. The van der Waals surface area contributed by atoms with Crippen LogP contribution in [0.1, 0.15) is 12.0 Å². The summed E-state index contributed by atoms with van der Waals surface area (Å²) in [5.41, 5.74) is 2.58. The van der Waals surface area contributed by atoms with Gasteiger partial charge in [0.15, 0.2) is 0 Å². The Morgan fingerprint density at radius 2 is 1.77 bits per heavy atom. The molecule has 9 heteroatoms. The molecule has 30 heavy (non-hydrogen) atoms. The zero-order chi connectivity index (χ0) is 21.3. The number of amides is 1. The molecule has 2 aliphatic rings. The fraction of sp³-hybridized carbons (Fsp3) is 0.381. The Labute approximate surface area is 175 Å². The van der Waals surface area contributed by atoms with Crippen molar-refractivity contribution in [2.45, 2.75) is 17.7 Å². The molecule has 2 aromatic rings. The summed E-state index contributed by atoms with van der Waals surface area (Å²) in [5, 5.41) is 5.21. The quantitative estimate of drug-likeness (QED) is 0.793. The van der Waals surface area contributed by atoms with Gasteiger partial charge in [-0.05, 0) is 60.9 Å². The summed E-state index contributed by atoms with van der Waals surface area (Å²) < 4.78 is 36.3. The molecule has 0 aromatic heterocycles. The van der Waals surface area contributed by atoms with E-state index in [4.69, 9.17) is 5.14 Å². The van der Waals surface area contributed by atoms with Crippen LogP contribution in [0, 0.1) is 5.82 Å². The molecule has 2 N–H and O–H groups in total. The fourth-order valence-electron chi connectivity index (χ4n) is 4.13. The van der Waals surface area contributed by atoms with Gasteiger partial charge in [0.25, 0.3) is 0 Å². The van der Waals surface area contributed by atoms with E-state index in [0.29, 0.717) is 19.5 Å². The molecule has 1 amide bonds. The average molecular weight is 433 g/mol. The van der Waals surface area contributed by atoms with Gasteiger partial charge >= 0.3 is 0 Å². The Bertz CT molecular complexity index is 1040. The highest BCUT2D eigenvalue weighted by molar-refractivity contribution is 7.89. The highest BCUT2D eigenvalue weighted by Gasteiger charge is 2.27. The van der Waals surface area contributed by atoms with E-state index < -0.39 is 10.0 Å². The van der Waals surface area contributed by atoms with Crippen molar-refractivity contribution in [1.29, 1.82) is 0 Å². The van der Waals surface area contributed by atoms with E-state index in [1.165, 1.54) is 18.2 Å². The minimum atomic E-state index is -3.76. The van der Waals surface area contributed by atoms with E-state index in [1.807, 2.05) is 0 Å². The summed E-state index contributed by atoms with van der Waals surface area (Å²) >= 11 is 0. The number of rotatable bonds is 4. The van der Waals surface area contributed by atoms with Gasteiger partial charge in [-0.25, -0.2) is 17.9 Å². The van der Waals surface area contributed by atoms with Crippen LogP contribution >= 0.6 is 0 Å². The van der Waals surface area contributed by atoms with Crippen molar-refractivity contribution >= 4 is 27.3 Å². The second-order valence-corrected chi connectivity index (χ2v) is 9.29. The number of fused-ring (bicyclic) bond motifs is 1. The Kier molecular flexibility index (Phi) is 5.77. The molecule has 0 aliphatic carbocycles. The SMILES string of the molecule is NS(=O)(=O)c1ccc2c(c1)CCN2C(=O)CN1CCCN(c2ccc(F)cc2)CC1. The van der Waals surface area contributed by atoms with Crippen molar-refractivity contribution in [3.63, 3.8) is 0 Å². The van der Waals surface area contributed by atoms with E-state index in [0.717, 1.165) is 49.5 Å². The third-order valence-electron chi connectivity index (χ3n) is 5.72. The van der Waals surface area contributed by atoms with Crippen LogP contribution in [-0.4, -0.2) is 58.5 Å². The van der Waals surface area contributed by atoms with Crippen molar-refractivity contribution in [1.82, 2.24) is 4.90 Å². The molecule has 0 spiro atoms. The van der Waals surface area contributed by atoms with Crippen LogP contribution in [0.25, 0.3) is 0 Å². The zero-order valence-electron chi connectivity index (χ0n) is 16.6. The smallest absolute Gasteiger partial charge is 0.241 e. The van der Waals surface area contributed by atoms with Gasteiger partial charge in [-0.3, -0.25) is 9.69 Å². The van der Waals surface area contributed by atoms with E-state index in [1.54, 1.807) is 29.2 Å². The van der Waals surface area contributed by atoms with E-state index in [2.05, 4.69) is 9.80 Å². The Balaban J connectivity index is 1.39. The summed E-state index contributed by atoms with van der Waals surface area (Å²) in [6, 6.07) is 11.2. The number of halogens is 1. The Hall–Kier alpha value is -2.49. The predicted octanol–water partition coefficient (Wildman–Crippen LogP) is 1.57. The number of carbonyl (C=O) groups is 1. The summed E-state index contributed by atoms with van der Waals surface area (Å²) in [4.78, 5) is 19.1. The lowest BCUT2D eigenvalue weighted by Gasteiger charge is -2.25. The molecule has 0 unspecified atom stereocenters. The number of primary sulfonamides is 1. The summed E-state index contributed by atoms with van der Waals surface area (Å²) in [6.45, 7) is 4.04.